The molecule has 0 aliphatic heterocycles. The van der Waals surface area contributed by atoms with E-state index in [1.165, 1.54) is 18.9 Å². The van der Waals surface area contributed by atoms with Crippen molar-refractivity contribution in [1.82, 2.24) is 9.80 Å². The zero-order valence-corrected chi connectivity index (χ0v) is 10.7. The Hall–Kier alpha value is -1.26. The SMILES string of the molecule is CCCN(C(=O)N(C)C(C)C(=O)O)C(C)C. The Morgan fingerprint density at radius 2 is 1.75 bits per heavy atom. The van der Waals surface area contributed by atoms with Gasteiger partial charge in [-0.05, 0) is 27.2 Å². The van der Waals surface area contributed by atoms with E-state index in [4.69, 9.17) is 5.11 Å². The van der Waals surface area contributed by atoms with E-state index in [9.17, 15) is 9.59 Å². The van der Waals surface area contributed by atoms with Crippen molar-refractivity contribution in [2.75, 3.05) is 13.6 Å². The molecule has 0 aromatic heterocycles. The van der Waals surface area contributed by atoms with Gasteiger partial charge in [-0.15, -0.1) is 0 Å². The van der Waals surface area contributed by atoms with Crippen LogP contribution in [0.5, 0.6) is 0 Å². The molecule has 2 amide bonds. The fourth-order valence-electron chi connectivity index (χ4n) is 1.35. The van der Waals surface area contributed by atoms with Crippen molar-refractivity contribution in [1.29, 1.82) is 0 Å². The van der Waals surface area contributed by atoms with Crippen LogP contribution in [0.1, 0.15) is 34.1 Å². The maximum Gasteiger partial charge on any atom is 0.326 e. The Morgan fingerprint density at radius 1 is 1.25 bits per heavy atom. The summed E-state index contributed by atoms with van der Waals surface area (Å²) in [6.07, 6.45) is 0.860. The van der Waals surface area contributed by atoms with Gasteiger partial charge in [-0.25, -0.2) is 9.59 Å². The molecule has 0 aromatic rings. The highest BCUT2D eigenvalue weighted by molar-refractivity contribution is 5.82. The van der Waals surface area contributed by atoms with Gasteiger partial charge < -0.3 is 14.9 Å². The minimum Gasteiger partial charge on any atom is -0.480 e. The number of likely N-dealkylation sites (N-methyl/N-ethyl adjacent to an activating group) is 1. The van der Waals surface area contributed by atoms with E-state index in [1.54, 1.807) is 4.90 Å². The van der Waals surface area contributed by atoms with Gasteiger partial charge in [-0.3, -0.25) is 0 Å². The van der Waals surface area contributed by atoms with Crippen molar-refractivity contribution in [3.05, 3.63) is 0 Å². The van der Waals surface area contributed by atoms with Gasteiger partial charge in [0.15, 0.2) is 0 Å². The van der Waals surface area contributed by atoms with Crippen molar-refractivity contribution in [2.24, 2.45) is 0 Å². The van der Waals surface area contributed by atoms with Crippen LogP contribution in [0.25, 0.3) is 0 Å². The number of carboxylic acid groups (broad SMARTS) is 1. The van der Waals surface area contributed by atoms with Crippen molar-refractivity contribution in [3.8, 4) is 0 Å². The molecule has 0 spiro atoms. The van der Waals surface area contributed by atoms with Crippen LogP contribution in [0.2, 0.25) is 0 Å². The summed E-state index contributed by atoms with van der Waals surface area (Å²) in [6, 6.07) is -0.951. The number of urea groups is 1. The standard InChI is InChI=1S/C11H22N2O3/c1-6-7-13(8(2)3)11(16)12(5)9(4)10(14)15/h8-9H,6-7H2,1-5H3,(H,14,15). The first-order valence-electron chi connectivity index (χ1n) is 5.59. The first-order valence-corrected chi connectivity index (χ1v) is 5.59. The van der Waals surface area contributed by atoms with Gasteiger partial charge in [0.05, 0.1) is 0 Å². The minimum atomic E-state index is -0.990. The van der Waals surface area contributed by atoms with E-state index in [0.717, 1.165) is 6.42 Å². The number of nitrogens with zero attached hydrogens (tertiary/aromatic N) is 2. The lowest BCUT2D eigenvalue weighted by molar-refractivity contribution is -0.141. The van der Waals surface area contributed by atoms with Gasteiger partial charge in [-0.2, -0.15) is 0 Å². The normalized spacial score (nSPS) is 12.4. The zero-order valence-electron chi connectivity index (χ0n) is 10.7. The molecule has 94 valence electrons. The van der Waals surface area contributed by atoms with Crippen molar-refractivity contribution in [2.45, 2.75) is 46.2 Å². The highest BCUT2D eigenvalue weighted by Gasteiger charge is 2.26. The molecule has 0 rings (SSSR count). The third-order valence-electron chi connectivity index (χ3n) is 2.57. The highest BCUT2D eigenvalue weighted by atomic mass is 16.4. The molecular formula is C11H22N2O3. The number of hydrogen-bond acceptors (Lipinski definition) is 2. The molecule has 0 aliphatic carbocycles. The van der Waals surface area contributed by atoms with E-state index in [-0.39, 0.29) is 12.1 Å². The van der Waals surface area contributed by atoms with Crippen molar-refractivity contribution < 1.29 is 14.7 Å². The molecule has 0 aromatic carbocycles. The third-order valence-corrected chi connectivity index (χ3v) is 2.57. The minimum absolute atomic E-state index is 0.0795. The number of carboxylic acids is 1. The second-order valence-electron chi connectivity index (χ2n) is 4.19. The predicted molar refractivity (Wildman–Crippen MR) is 62.4 cm³/mol. The molecule has 0 saturated heterocycles. The number of aliphatic carboxylic acids is 1. The largest absolute Gasteiger partial charge is 0.480 e. The summed E-state index contributed by atoms with van der Waals surface area (Å²) in [5, 5.41) is 8.84. The van der Waals surface area contributed by atoms with Crippen LogP contribution < -0.4 is 0 Å². The molecule has 0 heterocycles. The Labute approximate surface area is 97.0 Å². The molecule has 1 unspecified atom stereocenters. The second kappa shape index (κ2) is 6.35. The summed E-state index contributed by atoms with van der Waals surface area (Å²) in [6.45, 7) is 7.99. The number of carbonyl (C=O) groups is 2. The van der Waals surface area contributed by atoms with Gasteiger partial charge in [0.1, 0.15) is 6.04 Å². The van der Waals surface area contributed by atoms with E-state index in [1.807, 2.05) is 20.8 Å². The number of rotatable bonds is 5. The fraction of sp³-hybridized carbons (Fsp3) is 0.818. The molecular weight excluding hydrogens is 208 g/mol. The van der Waals surface area contributed by atoms with E-state index >= 15 is 0 Å². The average molecular weight is 230 g/mol. The van der Waals surface area contributed by atoms with Crippen LogP contribution in [-0.2, 0) is 4.79 Å². The first-order chi connectivity index (χ1) is 7.32. The Kier molecular flexibility index (Phi) is 5.85. The summed E-state index contributed by atoms with van der Waals surface area (Å²) >= 11 is 0. The fourth-order valence-corrected chi connectivity index (χ4v) is 1.35. The zero-order chi connectivity index (χ0) is 12.9. The maximum absolute atomic E-state index is 12.0. The predicted octanol–water partition coefficient (Wildman–Crippen LogP) is 1.63. The lowest BCUT2D eigenvalue weighted by Crippen LogP contribution is -2.50. The smallest absolute Gasteiger partial charge is 0.326 e. The lowest BCUT2D eigenvalue weighted by Gasteiger charge is -2.32. The summed E-state index contributed by atoms with van der Waals surface area (Å²) in [5.41, 5.74) is 0. The van der Waals surface area contributed by atoms with Gasteiger partial charge in [0, 0.05) is 19.6 Å². The van der Waals surface area contributed by atoms with Crippen LogP contribution in [0.3, 0.4) is 0 Å². The van der Waals surface area contributed by atoms with Gasteiger partial charge in [0.2, 0.25) is 0 Å². The van der Waals surface area contributed by atoms with E-state index in [0.29, 0.717) is 6.54 Å². The molecule has 1 atom stereocenters. The van der Waals surface area contributed by atoms with Gasteiger partial charge >= 0.3 is 12.0 Å². The second-order valence-corrected chi connectivity index (χ2v) is 4.19. The Morgan fingerprint density at radius 3 is 2.06 bits per heavy atom. The van der Waals surface area contributed by atoms with Crippen molar-refractivity contribution >= 4 is 12.0 Å². The molecule has 0 saturated carbocycles. The lowest BCUT2D eigenvalue weighted by atomic mass is 10.2. The van der Waals surface area contributed by atoms with Gasteiger partial charge in [-0.1, -0.05) is 6.92 Å². The van der Waals surface area contributed by atoms with Crippen LogP contribution in [0.4, 0.5) is 4.79 Å². The first kappa shape index (κ1) is 14.7. The molecule has 0 bridgehead atoms. The summed E-state index contributed by atoms with van der Waals surface area (Å²) in [4.78, 5) is 25.7. The summed E-state index contributed by atoms with van der Waals surface area (Å²) in [5.74, 6) is -0.990. The molecule has 5 heteroatoms. The van der Waals surface area contributed by atoms with Crippen molar-refractivity contribution in [3.63, 3.8) is 0 Å². The number of hydrogen-bond donors (Lipinski definition) is 1. The van der Waals surface area contributed by atoms with Crippen LogP contribution >= 0.6 is 0 Å². The van der Waals surface area contributed by atoms with Crippen LogP contribution in [-0.4, -0.2) is 52.6 Å². The van der Waals surface area contributed by atoms with Crippen LogP contribution in [0, 0.1) is 0 Å². The highest BCUT2D eigenvalue weighted by Crippen LogP contribution is 2.07. The number of amides is 2. The molecule has 16 heavy (non-hydrogen) atoms. The summed E-state index contributed by atoms with van der Waals surface area (Å²) in [7, 11) is 1.52. The third kappa shape index (κ3) is 3.72. The molecule has 1 N–H and O–H groups in total. The average Bonchev–Trinajstić information content (AvgIpc) is 2.22. The quantitative estimate of drug-likeness (QED) is 0.781. The molecule has 5 nitrogen and oxygen atoms in total. The maximum atomic E-state index is 12.0. The van der Waals surface area contributed by atoms with E-state index < -0.39 is 12.0 Å². The van der Waals surface area contributed by atoms with Crippen LogP contribution in [0.15, 0.2) is 0 Å². The number of carbonyl (C=O) groups excluding carboxylic acids is 1. The topological polar surface area (TPSA) is 60.9 Å². The monoisotopic (exact) mass is 230 g/mol. The van der Waals surface area contributed by atoms with E-state index in [2.05, 4.69) is 0 Å². The summed E-state index contributed by atoms with van der Waals surface area (Å²) < 4.78 is 0. The Bertz CT molecular complexity index is 254. The molecule has 0 aliphatic rings. The van der Waals surface area contributed by atoms with Gasteiger partial charge in [0.25, 0.3) is 0 Å². The Balaban J connectivity index is 4.66. The molecule has 0 fully saturated rings. The molecule has 0 radical (unpaired) electrons.